The molecule has 2 aromatic carbocycles. The van der Waals surface area contributed by atoms with E-state index in [1.807, 2.05) is 12.1 Å². The molecule has 7 nitrogen and oxygen atoms in total. The van der Waals surface area contributed by atoms with Gasteiger partial charge in [-0.15, -0.1) is 0 Å². The van der Waals surface area contributed by atoms with Crippen molar-refractivity contribution in [3.05, 3.63) is 65.5 Å². The van der Waals surface area contributed by atoms with Crippen LogP contribution in [0.1, 0.15) is 41.6 Å². The average molecular weight is 495 g/mol. The third kappa shape index (κ3) is 6.42. The van der Waals surface area contributed by atoms with Crippen LogP contribution in [0.25, 0.3) is 0 Å². The van der Waals surface area contributed by atoms with Crippen molar-refractivity contribution >= 4 is 17.6 Å². The summed E-state index contributed by atoms with van der Waals surface area (Å²) in [5.41, 5.74) is 2.16. The molecule has 2 aliphatic heterocycles. The standard InChI is InChI=1S/C28H35FN4O3/c29-24-8-6-21(7-9-24)17-22-3-2-12-32(19-22)20-28(10-11-28)31-27(35)30-25-5-1-4-23(18-25)26(34)33-13-15-36-16-14-33/h1,4-9,18,22H,2-3,10-17,19-20H2,(H2,30,31,35)/t22-/m0/s1. The van der Waals surface area contributed by atoms with E-state index in [1.165, 1.54) is 24.1 Å². The van der Waals surface area contributed by atoms with Crippen LogP contribution in [0.15, 0.2) is 48.5 Å². The van der Waals surface area contributed by atoms with Gasteiger partial charge < -0.3 is 25.2 Å². The molecule has 0 radical (unpaired) electrons. The topological polar surface area (TPSA) is 73.9 Å². The van der Waals surface area contributed by atoms with E-state index in [9.17, 15) is 14.0 Å². The van der Waals surface area contributed by atoms with Crippen LogP contribution >= 0.6 is 0 Å². The number of piperidine rings is 1. The number of hydrogen-bond donors (Lipinski definition) is 2. The van der Waals surface area contributed by atoms with Crippen molar-refractivity contribution in [2.24, 2.45) is 5.92 Å². The van der Waals surface area contributed by atoms with Gasteiger partial charge in [0.15, 0.2) is 0 Å². The molecular weight excluding hydrogens is 459 g/mol. The molecule has 2 aromatic rings. The van der Waals surface area contributed by atoms with Crippen LogP contribution in [0.5, 0.6) is 0 Å². The van der Waals surface area contributed by atoms with Crippen molar-refractivity contribution in [3.8, 4) is 0 Å². The van der Waals surface area contributed by atoms with Crippen molar-refractivity contribution < 1.29 is 18.7 Å². The summed E-state index contributed by atoms with van der Waals surface area (Å²) >= 11 is 0. The van der Waals surface area contributed by atoms with Gasteiger partial charge in [-0.2, -0.15) is 0 Å². The van der Waals surface area contributed by atoms with Gasteiger partial charge in [-0.1, -0.05) is 18.2 Å². The van der Waals surface area contributed by atoms with Crippen LogP contribution in [-0.2, 0) is 11.2 Å². The Labute approximate surface area is 212 Å². The first-order valence-electron chi connectivity index (χ1n) is 13.0. The molecule has 0 bridgehead atoms. The van der Waals surface area contributed by atoms with Crippen LogP contribution < -0.4 is 10.6 Å². The number of rotatable bonds is 7. The van der Waals surface area contributed by atoms with Crippen molar-refractivity contribution in [2.75, 3.05) is 51.3 Å². The highest BCUT2D eigenvalue weighted by Crippen LogP contribution is 2.37. The fourth-order valence-electron chi connectivity index (χ4n) is 5.40. The van der Waals surface area contributed by atoms with Crippen LogP contribution in [0.2, 0.25) is 0 Å². The van der Waals surface area contributed by atoms with Crippen LogP contribution in [0.4, 0.5) is 14.9 Å². The molecular formula is C28H35FN4O3. The molecule has 1 aliphatic carbocycles. The highest BCUT2D eigenvalue weighted by molar-refractivity contribution is 5.97. The van der Waals surface area contributed by atoms with Crippen molar-refractivity contribution in [1.82, 2.24) is 15.1 Å². The minimum Gasteiger partial charge on any atom is -0.378 e. The third-order valence-electron chi connectivity index (χ3n) is 7.46. The highest BCUT2D eigenvalue weighted by Gasteiger charge is 2.45. The number of nitrogens with one attached hydrogen (secondary N) is 2. The number of likely N-dealkylation sites (tertiary alicyclic amines) is 1. The summed E-state index contributed by atoms with van der Waals surface area (Å²) in [6.07, 6.45) is 5.20. The Hall–Kier alpha value is -2.97. The number of anilines is 1. The summed E-state index contributed by atoms with van der Waals surface area (Å²) in [5, 5.41) is 6.13. The lowest BCUT2D eigenvalue weighted by molar-refractivity contribution is 0.0303. The van der Waals surface area contributed by atoms with Gasteiger partial charge in [0.25, 0.3) is 5.91 Å². The summed E-state index contributed by atoms with van der Waals surface area (Å²) in [6, 6.07) is 13.7. The second-order valence-electron chi connectivity index (χ2n) is 10.4. The first kappa shape index (κ1) is 24.7. The molecule has 2 saturated heterocycles. The quantitative estimate of drug-likeness (QED) is 0.612. The normalized spacial score (nSPS) is 21.6. The summed E-state index contributed by atoms with van der Waals surface area (Å²) < 4.78 is 18.6. The van der Waals surface area contributed by atoms with E-state index in [4.69, 9.17) is 4.74 Å². The Morgan fingerprint density at radius 3 is 2.58 bits per heavy atom. The number of halogens is 1. The van der Waals surface area contributed by atoms with Gasteiger partial charge in [-0.05, 0) is 80.5 Å². The molecule has 1 atom stereocenters. The van der Waals surface area contributed by atoms with Crippen LogP contribution in [0.3, 0.4) is 0 Å². The summed E-state index contributed by atoms with van der Waals surface area (Å²) in [5.74, 6) is 0.307. The monoisotopic (exact) mass is 494 g/mol. The molecule has 3 fully saturated rings. The number of amides is 3. The van der Waals surface area contributed by atoms with Crippen molar-refractivity contribution in [2.45, 2.75) is 37.6 Å². The molecule has 3 aliphatic rings. The molecule has 8 heteroatoms. The zero-order chi connectivity index (χ0) is 25.0. The number of carbonyl (C=O) groups is 2. The second kappa shape index (κ2) is 11.0. The molecule has 0 unspecified atom stereocenters. The smallest absolute Gasteiger partial charge is 0.319 e. The average Bonchev–Trinajstić information content (AvgIpc) is 3.64. The van der Waals surface area contributed by atoms with Crippen LogP contribution in [0, 0.1) is 11.7 Å². The van der Waals surface area contributed by atoms with Crippen molar-refractivity contribution in [3.63, 3.8) is 0 Å². The van der Waals surface area contributed by atoms with Gasteiger partial charge in [0.1, 0.15) is 5.82 Å². The van der Waals surface area contributed by atoms with Crippen molar-refractivity contribution in [1.29, 1.82) is 0 Å². The van der Waals surface area contributed by atoms with Crippen LogP contribution in [-0.4, -0.2) is 73.2 Å². The highest BCUT2D eigenvalue weighted by atomic mass is 19.1. The number of benzene rings is 2. The first-order chi connectivity index (χ1) is 17.5. The second-order valence-corrected chi connectivity index (χ2v) is 10.4. The van der Waals surface area contributed by atoms with E-state index in [0.717, 1.165) is 45.3 Å². The molecule has 5 rings (SSSR count). The van der Waals surface area contributed by atoms with E-state index in [2.05, 4.69) is 15.5 Å². The minimum absolute atomic E-state index is 0.0405. The van der Waals surface area contributed by atoms with Gasteiger partial charge in [0.05, 0.1) is 18.8 Å². The predicted molar refractivity (Wildman–Crippen MR) is 137 cm³/mol. The molecule has 0 aromatic heterocycles. The van der Waals surface area contributed by atoms with Gasteiger partial charge >= 0.3 is 6.03 Å². The number of nitrogens with zero attached hydrogens (tertiary/aromatic N) is 2. The summed E-state index contributed by atoms with van der Waals surface area (Å²) in [6.45, 7) is 5.15. The SMILES string of the molecule is O=C(Nc1cccc(C(=O)N2CCOCC2)c1)NC1(CN2CCC[C@@H](Cc3ccc(F)cc3)C2)CC1. The van der Waals surface area contributed by atoms with E-state index in [0.29, 0.717) is 43.5 Å². The number of morpholine rings is 1. The Bertz CT molecular complexity index is 1070. The molecule has 3 amide bonds. The lowest BCUT2D eigenvalue weighted by atomic mass is 9.91. The maximum absolute atomic E-state index is 13.2. The number of urea groups is 1. The van der Waals surface area contributed by atoms with E-state index in [-0.39, 0.29) is 23.3 Å². The van der Waals surface area contributed by atoms with Gasteiger partial charge in [-0.3, -0.25) is 4.79 Å². The Morgan fingerprint density at radius 2 is 1.83 bits per heavy atom. The maximum Gasteiger partial charge on any atom is 0.319 e. The van der Waals surface area contributed by atoms with Gasteiger partial charge in [0, 0.05) is 37.4 Å². The van der Waals surface area contributed by atoms with E-state index in [1.54, 1.807) is 29.2 Å². The summed E-state index contributed by atoms with van der Waals surface area (Å²) in [4.78, 5) is 29.9. The zero-order valence-electron chi connectivity index (χ0n) is 20.7. The fourth-order valence-corrected chi connectivity index (χ4v) is 5.40. The zero-order valence-corrected chi connectivity index (χ0v) is 20.7. The van der Waals surface area contributed by atoms with Gasteiger partial charge in [0.2, 0.25) is 0 Å². The number of carbonyl (C=O) groups excluding carboxylic acids is 2. The lowest BCUT2D eigenvalue weighted by Crippen LogP contribution is -2.49. The maximum atomic E-state index is 13.2. The molecule has 1 saturated carbocycles. The first-order valence-corrected chi connectivity index (χ1v) is 13.0. The third-order valence-corrected chi connectivity index (χ3v) is 7.46. The van der Waals surface area contributed by atoms with E-state index < -0.39 is 0 Å². The van der Waals surface area contributed by atoms with Gasteiger partial charge in [-0.25, -0.2) is 9.18 Å². The summed E-state index contributed by atoms with van der Waals surface area (Å²) in [7, 11) is 0. The Kier molecular flexibility index (Phi) is 7.53. The molecule has 36 heavy (non-hydrogen) atoms. The minimum atomic E-state index is -0.233. The fraction of sp³-hybridized carbons (Fsp3) is 0.500. The molecule has 2 heterocycles. The molecule has 0 spiro atoms. The Morgan fingerprint density at radius 1 is 1.06 bits per heavy atom. The lowest BCUT2D eigenvalue weighted by Gasteiger charge is -2.35. The Balaban J connectivity index is 1.12. The molecule has 192 valence electrons. The molecule has 2 N–H and O–H groups in total. The predicted octanol–water partition coefficient (Wildman–Crippen LogP) is 3.91. The number of hydrogen-bond acceptors (Lipinski definition) is 4. The number of ether oxygens (including phenoxy) is 1. The largest absolute Gasteiger partial charge is 0.378 e. The van der Waals surface area contributed by atoms with E-state index >= 15 is 0 Å².